The summed E-state index contributed by atoms with van der Waals surface area (Å²) in [5.74, 6) is 2.07. The molecule has 6 heteroatoms. The summed E-state index contributed by atoms with van der Waals surface area (Å²) in [4.78, 5) is 8.90. The average Bonchev–Trinajstić information content (AvgIpc) is 2.62. The molecule has 0 aromatic carbocycles. The lowest BCUT2D eigenvalue weighted by atomic mass is 10.2. The van der Waals surface area contributed by atoms with Gasteiger partial charge in [-0.2, -0.15) is 5.10 Å². The summed E-state index contributed by atoms with van der Waals surface area (Å²) < 4.78 is 7.05. The highest BCUT2D eigenvalue weighted by Gasteiger charge is 2.19. The first-order valence-electron chi connectivity index (χ1n) is 5.68. The number of hydrogen-bond donors (Lipinski definition) is 1. The van der Waals surface area contributed by atoms with E-state index in [1.165, 1.54) is 0 Å². The van der Waals surface area contributed by atoms with Crippen LogP contribution in [0.5, 0.6) is 5.88 Å². The molecular weight excluding hydrogens is 230 g/mol. The lowest BCUT2D eigenvalue weighted by molar-refractivity contribution is 0.374. The van der Waals surface area contributed by atoms with Crippen molar-refractivity contribution in [1.82, 2.24) is 19.7 Å². The number of nitrogens with zero attached hydrogens (tertiary/aromatic N) is 4. The predicted molar refractivity (Wildman–Crippen MR) is 69.8 cm³/mol. The molecule has 0 saturated heterocycles. The minimum atomic E-state index is 0.627. The van der Waals surface area contributed by atoms with Gasteiger partial charge in [-0.15, -0.1) is 0 Å². The van der Waals surface area contributed by atoms with Crippen LogP contribution in [0.2, 0.25) is 0 Å². The van der Waals surface area contributed by atoms with Crippen molar-refractivity contribution < 1.29 is 4.74 Å². The van der Waals surface area contributed by atoms with Gasteiger partial charge >= 0.3 is 0 Å². The Hall–Kier alpha value is -2.11. The van der Waals surface area contributed by atoms with Gasteiger partial charge in [-0.1, -0.05) is 0 Å². The van der Waals surface area contributed by atoms with Crippen LogP contribution in [-0.4, -0.2) is 33.9 Å². The van der Waals surface area contributed by atoms with Crippen LogP contribution in [-0.2, 0) is 7.05 Å². The van der Waals surface area contributed by atoms with E-state index in [1.54, 1.807) is 11.8 Å². The second kappa shape index (κ2) is 4.64. The second-order valence-electron chi connectivity index (χ2n) is 4.06. The highest BCUT2D eigenvalue weighted by molar-refractivity contribution is 5.66. The average molecular weight is 247 g/mol. The minimum absolute atomic E-state index is 0.627. The molecule has 1 N–H and O–H groups in total. The highest BCUT2D eigenvalue weighted by atomic mass is 16.5. The van der Waals surface area contributed by atoms with Crippen LogP contribution in [0.4, 0.5) is 5.82 Å². The van der Waals surface area contributed by atoms with E-state index >= 15 is 0 Å². The molecule has 0 radical (unpaired) electrons. The third kappa shape index (κ3) is 2.01. The van der Waals surface area contributed by atoms with Crippen LogP contribution < -0.4 is 10.1 Å². The number of methoxy groups -OCH3 is 1. The molecule has 0 aliphatic heterocycles. The van der Waals surface area contributed by atoms with Crippen LogP contribution in [0.15, 0.2) is 6.07 Å². The monoisotopic (exact) mass is 247 g/mol. The van der Waals surface area contributed by atoms with E-state index in [-0.39, 0.29) is 0 Å². The largest absolute Gasteiger partial charge is 0.481 e. The van der Waals surface area contributed by atoms with Gasteiger partial charge in [0, 0.05) is 25.9 Å². The van der Waals surface area contributed by atoms with Gasteiger partial charge in [0.15, 0.2) is 5.82 Å². The quantitative estimate of drug-likeness (QED) is 0.891. The summed E-state index contributed by atoms with van der Waals surface area (Å²) in [6.07, 6.45) is 0. The van der Waals surface area contributed by atoms with Crippen molar-refractivity contribution in [2.45, 2.75) is 13.8 Å². The first-order chi connectivity index (χ1) is 8.56. The second-order valence-corrected chi connectivity index (χ2v) is 4.06. The zero-order valence-electron chi connectivity index (χ0n) is 11.3. The molecule has 0 aliphatic rings. The topological polar surface area (TPSA) is 64.9 Å². The van der Waals surface area contributed by atoms with Gasteiger partial charge in [-0.05, 0) is 13.8 Å². The molecule has 18 heavy (non-hydrogen) atoms. The number of nitrogens with one attached hydrogen (secondary N) is 1. The highest BCUT2D eigenvalue weighted by Crippen LogP contribution is 2.30. The summed E-state index contributed by atoms with van der Waals surface area (Å²) in [6.45, 7) is 3.85. The lowest BCUT2D eigenvalue weighted by Gasteiger charge is -2.07. The van der Waals surface area contributed by atoms with E-state index in [0.29, 0.717) is 11.7 Å². The van der Waals surface area contributed by atoms with Crippen LogP contribution in [0.1, 0.15) is 11.4 Å². The fourth-order valence-electron chi connectivity index (χ4n) is 1.94. The van der Waals surface area contributed by atoms with Crippen molar-refractivity contribution in [1.29, 1.82) is 0 Å². The molecular formula is C12H17N5O. The lowest BCUT2D eigenvalue weighted by Crippen LogP contribution is -2.00. The Morgan fingerprint density at radius 2 is 2.00 bits per heavy atom. The molecule has 2 aromatic rings. The van der Waals surface area contributed by atoms with Crippen molar-refractivity contribution in [3.05, 3.63) is 17.5 Å². The first-order valence-corrected chi connectivity index (χ1v) is 5.68. The molecule has 0 aliphatic carbocycles. The van der Waals surface area contributed by atoms with E-state index in [2.05, 4.69) is 20.4 Å². The van der Waals surface area contributed by atoms with E-state index in [4.69, 9.17) is 4.74 Å². The van der Waals surface area contributed by atoms with Crippen molar-refractivity contribution in [2.24, 2.45) is 7.05 Å². The van der Waals surface area contributed by atoms with Crippen molar-refractivity contribution in [3.8, 4) is 17.3 Å². The number of aromatic nitrogens is 4. The first kappa shape index (κ1) is 12.3. The molecule has 0 amide bonds. The Morgan fingerprint density at radius 1 is 1.28 bits per heavy atom. The predicted octanol–water partition coefficient (Wildman–Crippen LogP) is 1.54. The van der Waals surface area contributed by atoms with E-state index in [0.717, 1.165) is 22.8 Å². The zero-order chi connectivity index (χ0) is 13.3. The molecule has 0 bridgehead atoms. The van der Waals surface area contributed by atoms with Gasteiger partial charge in [0.25, 0.3) is 0 Å². The molecule has 0 atom stereocenters. The van der Waals surface area contributed by atoms with Gasteiger partial charge in [0.2, 0.25) is 5.88 Å². The SMILES string of the molecule is CNc1cc(C)nc(-c2c(C)nn(C)c2OC)n1. The third-order valence-electron chi connectivity index (χ3n) is 2.70. The molecule has 2 aromatic heterocycles. The number of rotatable bonds is 3. The van der Waals surface area contributed by atoms with Gasteiger partial charge in [0.05, 0.1) is 12.8 Å². The number of aryl methyl sites for hydroxylation is 3. The molecule has 0 unspecified atom stereocenters. The Balaban J connectivity index is 2.64. The smallest absolute Gasteiger partial charge is 0.222 e. The minimum Gasteiger partial charge on any atom is -0.481 e. The number of hydrogen-bond acceptors (Lipinski definition) is 5. The van der Waals surface area contributed by atoms with Crippen molar-refractivity contribution in [2.75, 3.05) is 19.5 Å². The molecule has 0 saturated carbocycles. The fraction of sp³-hybridized carbons (Fsp3) is 0.417. The number of anilines is 1. The van der Waals surface area contributed by atoms with E-state index in [9.17, 15) is 0 Å². The Kier molecular flexibility index (Phi) is 3.18. The summed E-state index contributed by atoms with van der Waals surface area (Å²) in [5, 5.41) is 7.36. The Labute approximate surface area is 106 Å². The van der Waals surface area contributed by atoms with Crippen LogP contribution in [0, 0.1) is 13.8 Å². The number of ether oxygens (including phenoxy) is 1. The van der Waals surface area contributed by atoms with E-state index in [1.807, 2.05) is 34.0 Å². The summed E-state index contributed by atoms with van der Waals surface area (Å²) in [6, 6.07) is 1.89. The zero-order valence-corrected chi connectivity index (χ0v) is 11.3. The van der Waals surface area contributed by atoms with Crippen molar-refractivity contribution in [3.63, 3.8) is 0 Å². The summed E-state index contributed by atoms with van der Waals surface area (Å²) >= 11 is 0. The van der Waals surface area contributed by atoms with Gasteiger partial charge in [0.1, 0.15) is 11.4 Å². The molecule has 2 rings (SSSR count). The van der Waals surface area contributed by atoms with Gasteiger partial charge in [-0.3, -0.25) is 0 Å². The summed E-state index contributed by atoms with van der Waals surface area (Å²) in [5.41, 5.74) is 2.58. The van der Waals surface area contributed by atoms with Crippen LogP contribution >= 0.6 is 0 Å². The van der Waals surface area contributed by atoms with Gasteiger partial charge in [-0.25, -0.2) is 14.6 Å². The molecule has 0 spiro atoms. The maximum Gasteiger partial charge on any atom is 0.222 e. The maximum absolute atomic E-state index is 5.36. The normalized spacial score (nSPS) is 10.5. The fourth-order valence-corrected chi connectivity index (χ4v) is 1.94. The Morgan fingerprint density at radius 3 is 2.61 bits per heavy atom. The van der Waals surface area contributed by atoms with Crippen LogP contribution in [0.25, 0.3) is 11.4 Å². The van der Waals surface area contributed by atoms with Crippen LogP contribution in [0.3, 0.4) is 0 Å². The molecule has 6 nitrogen and oxygen atoms in total. The maximum atomic E-state index is 5.36. The van der Waals surface area contributed by atoms with Crippen molar-refractivity contribution >= 4 is 5.82 Å². The van der Waals surface area contributed by atoms with E-state index < -0.39 is 0 Å². The Bertz CT molecular complexity index is 576. The summed E-state index contributed by atoms with van der Waals surface area (Å²) in [7, 11) is 5.29. The molecule has 0 fully saturated rings. The van der Waals surface area contributed by atoms with Gasteiger partial charge < -0.3 is 10.1 Å². The molecule has 2 heterocycles. The molecule has 96 valence electrons. The third-order valence-corrected chi connectivity index (χ3v) is 2.70. The standard InChI is InChI=1S/C12H17N5O/c1-7-6-9(13-3)15-11(14-7)10-8(2)16-17(4)12(10)18-5/h6H,1-5H3,(H,13,14,15).